The second-order valence-corrected chi connectivity index (χ2v) is 4.76. The van der Waals surface area contributed by atoms with E-state index in [1.54, 1.807) is 12.4 Å². The van der Waals surface area contributed by atoms with Gasteiger partial charge in [-0.2, -0.15) is 0 Å². The van der Waals surface area contributed by atoms with E-state index in [4.69, 9.17) is 0 Å². The molecule has 0 saturated carbocycles. The first-order valence-corrected chi connectivity index (χ1v) is 6.80. The zero-order valence-corrected chi connectivity index (χ0v) is 11.6. The largest absolute Gasteiger partial charge is 0.387 e. The molecule has 1 heterocycles. The van der Waals surface area contributed by atoms with Crippen LogP contribution in [0.4, 0.5) is 0 Å². The van der Waals surface area contributed by atoms with Crippen LogP contribution >= 0.6 is 0 Å². The Morgan fingerprint density at radius 3 is 2.55 bits per heavy atom. The van der Waals surface area contributed by atoms with Gasteiger partial charge in [-0.15, -0.1) is 0 Å². The number of pyridine rings is 1. The van der Waals surface area contributed by atoms with Gasteiger partial charge in [0.1, 0.15) is 0 Å². The van der Waals surface area contributed by atoms with Gasteiger partial charge in [-0.1, -0.05) is 42.5 Å². The third-order valence-electron chi connectivity index (χ3n) is 3.10. The molecule has 0 saturated heterocycles. The summed E-state index contributed by atoms with van der Waals surface area (Å²) in [7, 11) is 0. The van der Waals surface area contributed by atoms with E-state index < -0.39 is 6.10 Å². The maximum atomic E-state index is 10.1. The van der Waals surface area contributed by atoms with Crippen LogP contribution in [0.25, 0.3) is 6.08 Å². The van der Waals surface area contributed by atoms with Crippen molar-refractivity contribution >= 4 is 6.08 Å². The number of benzene rings is 1. The standard InChI is InChI=1S/C17H20N2O/c1-14(7-8-15-9-11-18-12-10-15)19-13-17(20)16-5-3-2-4-6-16/h2-12,14,17,19-20H,13H2,1H3/b8-7+. The molecular weight excluding hydrogens is 248 g/mol. The predicted octanol–water partition coefficient (Wildman–Crippen LogP) is 2.81. The molecule has 104 valence electrons. The van der Waals surface area contributed by atoms with Gasteiger partial charge < -0.3 is 10.4 Å². The summed E-state index contributed by atoms with van der Waals surface area (Å²) in [6.07, 6.45) is 7.20. The van der Waals surface area contributed by atoms with E-state index in [0.29, 0.717) is 6.54 Å². The predicted molar refractivity (Wildman–Crippen MR) is 82.1 cm³/mol. The molecule has 20 heavy (non-hydrogen) atoms. The van der Waals surface area contributed by atoms with Crippen molar-refractivity contribution in [1.82, 2.24) is 10.3 Å². The highest BCUT2D eigenvalue weighted by Crippen LogP contribution is 2.11. The van der Waals surface area contributed by atoms with Crippen molar-refractivity contribution in [3.8, 4) is 0 Å². The average molecular weight is 268 g/mol. The van der Waals surface area contributed by atoms with E-state index in [1.165, 1.54) is 0 Å². The highest BCUT2D eigenvalue weighted by Gasteiger charge is 2.07. The Morgan fingerprint density at radius 1 is 1.15 bits per heavy atom. The summed E-state index contributed by atoms with van der Waals surface area (Å²) in [5.41, 5.74) is 2.06. The van der Waals surface area contributed by atoms with Crippen molar-refractivity contribution in [3.63, 3.8) is 0 Å². The Kier molecular flexibility index (Phi) is 5.47. The molecule has 0 fully saturated rings. The molecule has 2 rings (SSSR count). The van der Waals surface area contributed by atoms with Gasteiger partial charge in [0.2, 0.25) is 0 Å². The van der Waals surface area contributed by atoms with E-state index in [2.05, 4.69) is 23.3 Å². The Hall–Kier alpha value is -1.97. The minimum Gasteiger partial charge on any atom is -0.387 e. The van der Waals surface area contributed by atoms with Gasteiger partial charge in [-0.05, 0) is 30.2 Å². The van der Waals surface area contributed by atoms with E-state index in [9.17, 15) is 5.11 Å². The first-order chi connectivity index (χ1) is 9.75. The van der Waals surface area contributed by atoms with E-state index in [-0.39, 0.29) is 6.04 Å². The second kappa shape index (κ2) is 7.58. The summed E-state index contributed by atoms with van der Waals surface area (Å²) in [6, 6.07) is 13.8. The van der Waals surface area contributed by atoms with E-state index >= 15 is 0 Å². The van der Waals surface area contributed by atoms with Gasteiger partial charge in [0, 0.05) is 25.0 Å². The second-order valence-electron chi connectivity index (χ2n) is 4.76. The first kappa shape index (κ1) is 14.4. The van der Waals surface area contributed by atoms with Crippen molar-refractivity contribution in [2.45, 2.75) is 19.1 Å². The summed E-state index contributed by atoms with van der Waals surface area (Å²) in [6.45, 7) is 2.60. The molecule has 2 aromatic rings. The van der Waals surface area contributed by atoms with Crippen LogP contribution < -0.4 is 5.32 Å². The average Bonchev–Trinajstić information content (AvgIpc) is 2.52. The molecule has 0 amide bonds. The summed E-state index contributed by atoms with van der Waals surface area (Å²) >= 11 is 0. The molecule has 3 nitrogen and oxygen atoms in total. The Labute approximate surface area is 120 Å². The minimum atomic E-state index is -0.479. The topological polar surface area (TPSA) is 45.2 Å². The highest BCUT2D eigenvalue weighted by atomic mass is 16.3. The summed E-state index contributed by atoms with van der Waals surface area (Å²) in [5, 5.41) is 13.4. The van der Waals surface area contributed by atoms with Crippen LogP contribution in [-0.4, -0.2) is 22.7 Å². The lowest BCUT2D eigenvalue weighted by Gasteiger charge is -2.15. The fourth-order valence-corrected chi connectivity index (χ4v) is 1.89. The molecule has 2 unspecified atom stereocenters. The minimum absolute atomic E-state index is 0.196. The van der Waals surface area contributed by atoms with Crippen LogP contribution in [0.2, 0.25) is 0 Å². The first-order valence-electron chi connectivity index (χ1n) is 6.80. The van der Waals surface area contributed by atoms with Crippen molar-refractivity contribution in [1.29, 1.82) is 0 Å². The molecule has 1 aromatic carbocycles. The molecular formula is C17H20N2O. The number of aliphatic hydroxyl groups excluding tert-OH is 1. The third kappa shape index (κ3) is 4.61. The zero-order chi connectivity index (χ0) is 14.2. The van der Waals surface area contributed by atoms with E-state index in [1.807, 2.05) is 48.5 Å². The van der Waals surface area contributed by atoms with Gasteiger partial charge in [-0.3, -0.25) is 4.98 Å². The van der Waals surface area contributed by atoms with Crippen molar-refractivity contribution < 1.29 is 5.11 Å². The number of hydrogen-bond donors (Lipinski definition) is 2. The van der Waals surface area contributed by atoms with Crippen molar-refractivity contribution in [2.75, 3.05) is 6.54 Å². The highest BCUT2D eigenvalue weighted by molar-refractivity contribution is 5.48. The van der Waals surface area contributed by atoms with Crippen LogP contribution in [0.15, 0.2) is 60.9 Å². The molecule has 0 spiro atoms. The SMILES string of the molecule is CC(/C=C/c1ccncc1)NCC(O)c1ccccc1. The number of hydrogen-bond acceptors (Lipinski definition) is 3. The Balaban J connectivity index is 1.81. The normalized spacial score (nSPS) is 14.3. The third-order valence-corrected chi connectivity index (χ3v) is 3.10. The quantitative estimate of drug-likeness (QED) is 0.846. The smallest absolute Gasteiger partial charge is 0.0914 e. The van der Waals surface area contributed by atoms with Gasteiger partial charge in [0.15, 0.2) is 0 Å². The van der Waals surface area contributed by atoms with Crippen LogP contribution in [-0.2, 0) is 0 Å². The summed E-state index contributed by atoms with van der Waals surface area (Å²) in [5.74, 6) is 0. The lowest BCUT2D eigenvalue weighted by molar-refractivity contribution is 0.173. The summed E-state index contributed by atoms with van der Waals surface area (Å²) < 4.78 is 0. The lowest BCUT2D eigenvalue weighted by Crippen LogP contribution is -2.28. The van der Waals surface area contributed by atoms with Gasteiger partial charge >= 0.3 is 0 Å². The van der Waals surface area contributed by atoms with Gasteiger partial charge in [0.05, 0.1) is 6.10 Å². The van der Waals surface area contributed by atoms with Gasteiger partial charge in [-0.25, -0.2) is 0 Å². The molecule has 1 aromatic heterocycles. The molecule has 0 aliphatic rings. The molecule has 2 atom stereocenters. The number of rotatable bonds is 6. The summed E-state index contributed by atoms with van der Waals surface area (Å²) in [4.78, 5) is 3.98. The van der Waals surface area contributed by atoms with Crippen LogP contribution in [0, 0.1) is 0 Å². The van der Waals surface area contributed by atoms with Crippen molar-refractivity contribution in [3.05, 3.63) is 72.1 Å². The zero-order valence-electron chi connectivity index (χ0n) is 11.6. The molecule has 0 aliphatic carbocycles. The maximum Gasteiger partial charge on any atom is 0.0914 e. The monoisotopic (exact) mass is 268 g/mol. The number of nitrogens with zero attached hydrogens (tertiary/aromatic N) is 1. The maximum absolute atomic E-state index is 10.1. The van der Waals surface area contributed by atoms with Crippen molar-refractivity contribution in [2.24, 2.45) is 0 Å². The van der Waals surface area contributed by atoms with Gasteiger partial charge in [0.25, 0.3) is 0 Å². The molecule has 0 radical (unpaired) electrons. The van der Waals surface area contributed by atoms with E-state index in [0.717, 1.165) is 11.1 Å². The number of nitrogens with one attached hydrogen (secondary N) is 1. The number of aromatic nitrogens is 1. The number of aliphatic hydroxyl groups is 1. The molecule has 3 heteroatoms. The molecule has 0 bridgehead atoms. The van der Waals surface area contributed by atoms with Crippen LogP contribution in [0.5, 0.6) is 0 Å². The lowest BCUT2D eigenvalue weighted by atomic mass is 10.1. The Bertz CT molecular complexity index is 525. The van der Waals surface area contributed by atoms with Crippen LogP contribution in [0.1, 0.15) is 24.2 Å². The fraction of sp³-hybridized carbons (Fsp3) is 0.235. The van der Waals surface area contributed by atoms with Crippen LogP contribution in [0.3, 0.4) is 0 Å². The molecule has 2 N–H and O–H groups in total. The fourth-order valence-electron chi connectivity index (χ4n) is 1.89. The molecule has 0 aliphatic heterocycles. The Morgan fingerprint density at radius 2 is 1.85 bits per heavy atom.